The Kier molecular flexibility index (Phi) is 5.15. The number of nitro groups is 1. The molecule has 1 aromatic heterocycles. The van der Waals surface area contributed by atoms with Crippen LogP contribution in [-0.2, 0) is 0 Å². The highest BCUT2D eigenvalue weighted by atomic mass is 35.5. The minimum absolute atomic E-state index is 0.0964. The Morgan fingerprint density at radius 1 is 1.45 bits per heavy atom. The van der Waals surface area contributed by atoms with E-state index in [9.17, 15) is 10.1 Å². The molecule has 2 aromatic rings. The summed E-state index contributed by atoms with van der Waals surface area (Å²) in [7, 11) is 0. The minimum atomic E-state index is -0.523. The van der Waals surface area contributed by atoms with Gasteiger partial charge in [0.1, 0.15) is 5.02 Å². The molecule has 0 saturated heterocycles. The Morgan fingerprint density at radius 3 is 2.77 bits per heavy atom. The third-order valence-electron chi connectivity index (χ3n) is 2.82. The highest BCUT2D eigenvalue weighted by Gasteiger charge is 2.14. The normalized spacial score (nSPS) is 11.5. The Morgan fingerprint density at radius 2 is 2.18 bits per heavy atom. The highest BCUT2D eigenvalue weighted by molar-refractivity contribution is 7.98. The van der Waals surface area contributed by atoms with Gasteiger partial charge in [0.05, 0.1) is 11.1 Å². The molecule has 1 heterocycles. The predicted molar refractivity (Wildman–Crippen MR) is 87.0 cm³/mol. The Bertz CT molecular complexity index is 729. The topological polar surface area (TPSA) is 86.2 Å². The van der Waals surface area contributed by atoms with E-state index >= 15 is 0 Å². The first-order valence-electron chi connectivity index (χ1n) is 6.41. The zero-order chi connectivity index (χ0) is 16.3. The third kappa shape index (κ3) is 3.45. The molecule has 9 heteroatoms. The van der Waals surface area contributed by atoms with Gasteiger partial charge in [-0.25, -0.2) is 0 Å². The van der Waals surface area contributed by atoms with Crippen LogP contribution < -0.4 is 0 Å². The summed E-state index contributed by atoms with van der Waals surface area (Å²) in [5.41, 5.74) is 0.426. The first-order valence-corrected chi connectivity index (χ1v) is 8.02. The van der Waals surface area contributed by atoms with Crippen molar-refractivity contribution in [1.82, 2.24) is 14.9 Å². The summed E-state index contributed by atoms with van der Waals surface area (Å²) in [6.45, 7) is 3.99. The van der Waals surface area contributed by atoms with Crippen LogP contribution in [0.25, 0.3) is 0 Å². The number of hydrogen-bond acceptors (Lipinski definition) is 6. The van der Waals surface area contributed by atoms with Crippen molar-refractivity contribution < 1.29 is 4.92 Å². The largest absolute Gasteiger partial charge is 0.288 e. The summed E-state index contributed by atoms with van der Waals surface area (Å²) in [5.74, 6) is 0.883. The molecule has 0 radical (unpaired) electrons. The van der Waals surface area contributed by atoms with Crippen LogP contribution in [0.15, 0.2) is 28.5 Å². The maximum atomic E-state index is 10.9. The lowest BCUT2D eigenvalue weighted by Gasteiger charge is -2.05. The SMILES string of the molecule is CSc1nnc(C(C)C)n1/N=C\c1ccc(Cl)c([N+](=O)[O-])c1. The van der Waals surface area contributed by atoms with Crippen LogP contribution >= 0.6 is 23.4 Å². The Labute approximate surface area is 136 Å². The molecule has 0 amide bonds. The summed E-state index contributed by atoms with van der Waals surface area (Å²) in [6.07, 6.45) is 3.41. The number of halogens is 1. The molecule has 1 aromatic carbocycles. The first kappa shape index (κ1) is 16.4. The van der Waals surface area contributed by atoms with Crippen LogP contribution in [0.4, 0.5) is 5.69 Å². The van der Waals surface area contributed by atoms with Crippen molar-refractivity contribution in [1.29, 1.82) is 0 Å². The summed E-state index contributed by atoms with van der Waals surface area (Å²) in [5, 5.41) is 24.2. The van der Waals surface area contributed by atoms with Gasteiger partial charge < -0.3 is 0 Å². The lowest BCUT2D eigenvalue weighted by Crippen LogP contribution is -2.02. The molecule has 0 saturated carbocycles. The quantitative estimate of drug-likeness (QED) is 0.360. The highest BCUT2D eigenvalue weighted by Crippen LogP contribution is 2.24. The van der Waals surface area contributed by atoms with E-state index in [0.717, 1.165) is 5.82 Å². The Balaban J connectivity index is 2.39. The average Bonchev–Trinajstić information content (AvgIpc) is 2.89. The summed E-state index contributed by atoms with van der Waals surface area (Å²) >= 11 is 7.22. The molecular weight excluding hydrogens is 326 g/mol. The van der Waals surface area contributed by atoms with Crippen molar-refractivity contribution in [2.75, 3.05) is 6.26 Å². The van der Waals surface area contributed by atoms with E-state index in [1.807, 2.05) is 20.1 Å². The van der Waals surface area contributed by atoms with Crippen LogP contribution in [0, 0.1) is 10.1 Å². The number of nitro benzene ring substituents is 1. The van der Waals surface area contributed by atoms with Crippen molar-refractivity contribution in [3.05, 3.63) is 44.7 Å². The van der Waals surface area contributed by atoms with E-state index in [2.05, 4.69) is 15.3 Å². The molecule has 0 bridgehead atoms. The molecule has 0 aliphatic rings. The monoisotopic (exact) mass is 339 g/mol. The molecule has 22 heavy (non-hydrogen) atoms. The molecule has 0 aliphatic heterocycles. The van der Waals surface area contributed by atoms with Crippen molar-refractivity contribution in [3.8, 4) is 0 Å². The number of aromatic nitrogens is 3. The van der Waals surface area contributed by atoms with E-state index in [0.29, 0.717) is 10.7 Å². The molecule has 0 spiro atoms. The van der Waals surface area contributed by atoms with Gasteiger partial charge in [0.25, 0.3) is 5.69 Å². The second-order valence-corrected chi connectivity index (χ2v) is 5.90. The minimum Gasteiger partial charge on any atom is -0.258 e. The van der Waals surface area contributed by atoms with Crippen molar-refractivity contribution in [3.63, 3.8) is 0 Å². The maximum Gasteiger partial charge on any atom is 0.288 e. The van der Waals surface area contributed by atoms with E-state index < -0.39 is 4.92 Å². The van der Waals surface area contributed by atoms with Gasteiger partial charge in [-0.05, 0) is 12.3 Å². The van der Waals surface area contributed by atoms with Crippen molar-refractivity contribution in [2.45, 2.75) is 24.9 Å². The van der Waals surface area contributed by atoms with Crippen LogP contribution in [0.3, 0.4) is 0 Å². The molecule has 0 aliphatic carbocycles. The number of nitrogens with zero attached hydrogens (tertiary/aromatic N) is 5. The number of hydrogen-bond donors (Lipinski definition) is 0. The molecule has 2 rings (SSSR count). The van der Waals surface area contributed by atoms with Gasteiger partial charge in [-0.2, -0.15) is 9.78 Å². The molecular formula is C13H14ClN5O2S. The molecule has 0 fully saturated rings. The number of benzene rings is 1. The van der Waals surface area contributed by atoms with E-state index in [-0.39, 0.29) is 16.6 Å². The van der Waals surface area contributed by atoms with Gasteiger partial charge in [-0.1, -0.05) is 43.3 Å². The van der Waals surface area contributed by atoms with E-state index in [4.69, 9.17) is 11.6 Å². The van der Waals surface area contributed by atoms with Crippen LogP contribution in [-0.4, -0.2) is 32.3 Å². The maximum absolute atomic E-state index is 10.9. The van der Waals surface area contributed by atoms with E-state index in [1.54, 1.807) is 10.7 Å². The van der Waals surface area contributed by atoms with Crippen molar-refractivity contribution >= 4 is 35.3 Å². The average molecular weight is 340 g/mol. The van der Waals surface area contributed by atoms with Gasteiger partial charge in [0.2, 0.25) is 5.16 Å². The van der Waals surface area contributed by atoms with Crippen LogP contribution in [0.5, 0.6) is 0 Å². The summed E-state index contributed by atoms with van der Waals surface area (Å²) < 4.78 is 1.63. The lowest BCUT2D eigenvalue weighted by molar-refractivity contribution is -0.384. The predicted octanol–water partition coefficient (Wildman–Crippen LogP) is 3.57. The van der Waals surface area contributed by atoms with Gasteiger partial charge in [0.15, 0.2) is 5.82 Å². The Hall–Kier alpha value is -1.93. The second-order valence-electron chi connectivity index (χ2n) is 4.72. The number of rotatable bonds is 5. The molecule has 0 unspecified atom stereocenters. The molecule has 116 valence electrons. The fourth-order valence-electron chi connectivity index (χ4n) is 1.75. The molecule has 0 N–H and O–H groups in total. The second kappa shape index (κ2) is 6.89. The van der Waals surface area contributed by atoms with Gasteiger partial charge >= 0.3 is 0 Å². The zero-order valence-corrected chi connectivity index (χ0v) is 13.8. The standard InChI is InChI=1S/C13H14ClN5O2S/c1-8(2)12-16-17-13(22-3)18(12)15-7-9-4-5-10(14)11(6-9)19(20)21/h4-8H,1-3H3/b15-7-. The smallest absolute Gasteiger partial charge is 0.258 e. The fraction of sp³-hybridized carbons (Fsp3) is 0.308. The van der Waals surface area contributed by atoms with Crippen LogP contribution in [0.1, 0.15) is 31.2 Å². The fourth-order valence-corrected chi connectivity index (χ4v) is 2.37. The van der Waals surface area contributed by atoms with Gasteiger partial charge in [0, 0.05) is 17.5 Å². The van der Waals surface area contributed by atoms with Gasteiger partial charge in [-0.3, -0.25) is 10.1 Å². The zero-order valence-electron chi connectivity index (χ0n) is 12.2. The number of thioether (sulfide) groups is 1. The first-order chi connectivity index (χ1) is 10.4. The lowest BCUT2D eigenvalue weighted by atomic mass is 10.2. The summed E-state index contributed by atoms with van der Waals surface area (Å²) in [4.78, 5) is 10.4. The van der Waals surface area contributed by atoms with Crippen molar-refractivity contribution in [2.24, 2.45) is 5.10 Å². The van der Waals surface area contributed by atoms with E-state index in [1.165, 1.54) is 30.1 Å². The third-order valence-corrected chi connectivity index (χ3v) is 3.76. The van der Waals surface area contributed by atoms with Gasteiger partial charge in [-0.15, -0.1) is 10.2 Å². The van der Waals surface area contributed by atoms with Crippen LogP contribution in [0.2, 0.25) is 5.02 Å². The molecule has 7 nitrogen and oxygen atoms in total. The molecule has 0 atom stereocenters. The summed E-state index contributed by atoms with van der Waals surface area (Å²) in [6, 6.07) is 4.52.